The first-order valence-electron chi connectivity index (χ1n) is 5.45. The van der Waals surface area contributed by atoms with Crippen molar-refractivity contribution >= 4 is 17.8 Å². The summed E-state index contributed by atoms with van der Waals surface area (Å²) < 4.78 is 5.38. The molecule has 6 heteroatoms. The summed E-state index contributed by atoms with van der Waals surface area (Å²) in [4.78, 5) is 17.5. The Balaban J connectivity index is 2.37. The average Bonchev–Trinajstić information content (AvgIpc) is 2.62. The molecule has 1 rings (SSSR count). The Hall–Kier alpha value is -1.17. The van der Waals surface area contributed by atoms with Gasteiger partial charge in [0.25, 0.3) is 0 Å². The van der Waals surface area contributed by atoms with E-state index < -0.39 is 0 Å². The van der Waals surface area contributed by atoms with Crippen LogP contribution in [-0.4, -0.2) is 41.5 Å². The molecule has 0 bridgehead atoms. The van der Waals surface area contributed by atoms with E-state index in [0.717, 1.165) is 23.8 Å². The Morgan fingerprint density at radius 2 is 2.24 bits per heavy atom. The molecule has 0 fully saturated rings. The number of carbonyl (C=O) groups excluding carboxylic acids is 1. The minimum absolute atomic E-state index is 0.104. The van der Waals surface area contributed by atoms with Crippen LogP contribution in [0.2, 0.25) is 0 Å². The lowest BCUT2D eigenvalue weighted by Crippen LogP contribution is -2.38. The van der Waals surface area contributed by atoms with Crippen molar-refractivity contribution in [3.05, 3.63) is 17.3 Å². The van der Waals surface area contributed by atoms with Gasteiger partial charge in [-0.15, -0.1) is 0 Å². The van der Waals surface area contributed by atoms with Crippen molar-refractivity contribution in [3.63, 3.8) is 0 Å². The molecule has 0 aliphatic rings. The highest BCUT2D eigenvalue weighted by Gasteiger charge is 2.10. The van der Waals surface area contributed by atoms with Crippen molar-refractivity contribution in [2.24, 2.45) is 0 Å². The van der Waals surface area contributed by atoms with Gasteiger partial charge in [-0.2, -0.15) is 11.8 Å². The highest BCUT2D eigenvalue weighted by atomic mass is 32.2. The number of amides is 2. The largest absolute Gasteiger partial charge is 0.444 e. The first-order valence-corrected chi connectivity index (χ1v) is 6.84. The summed E-state index contributed by atoms with van der Waals surface area (Å²) in [6.45, 7) is 4.81. The number of carbonyl (C=O) groups is 1. The molecule has 0 spiro atoms. The standard InChI is InChI=1S/C11H19N3O2S/c1-8-9(2)16-10(13-8)7-12-11(15)14(3)5-6-17-4/h5-7H2,1-4H3,(H,12,15). The van der Waals surface area contributed by atoms with Gasteiger partial charge in [-0.25, -0.2) is 9.78 Å². The molecule has 1 aromatic rings. The normalized spacial score (nSPS) is 10.4. The molecule has 0 aromatic carbocycles. The summed E-state index contributed by atoms with van der Waals surface area (Å²) in [5.41, 5.74) is 0.866. The van der Waals surface area contributed by atoms with E-state index in [1.54, 1.807) is 23.7 Å². The number of aromatic nitrogens is 1. The number of hydrogen-bond donors (Lipinski definition) is 1. The van der Waals surface area contributed by atoms with Crippen molar-refractivity contribution < 1.29 is 9.21 Å². The van der Waals surface area contributed by atoms with E-state index in [-0.39, 0.29) is 6.03 Å². The number of hydrogen-bond acceptors (Lipinski definition) is 4. The lowest BCUT2D eigenvalue weighted by atomic mass is 10.4. The fraction of sp³-hybridized carbons (Fsp3) is 0.636. The number of urea groups is 1. The average molecular weight is 257 g/mol. The van der Waals surface area contributed by atoms with Crippen LogP contribution in [-0.2, 0) is 6.54 Å². The second kappa shape index (κ2) is 6.54. The van der Waals surface area contributed by atoms with Crippen LogP contribution in [0.15, 0.2) is 4.42 Å². The number of nitrogens with one attached hydrogen (secondary N) is 1. The zero-order valence-corrected chi connectivity index (χ0v) is 11.6. The molecule has 5 nitrogen and oxygen atoms in total. The number of nitrogens with zero attached hydrogens (tertiary/aromatic N) is 2. The predicted octanol–water partition coefficient (Wildman–Crippen LogP) is 1.80. The Morgan fingerprint density at radius 1 is 1.53 bits per heavy atom. The molecule has 17 heavy (non-hydrogen) atoms. The molecule has 0 unspecified atom stereocenters. The maximum absolute atomic E-state index is 11.7. The molecule has 0 saturated heterocycles. The van der Waals surface area contributed by atoms with Gasteiger partial charge in [0, 0.05) is 19.3 Å². The molecule has 0 atom stereocenters. The lowest BCUT2D eigenvalue weighted by molar-refractivity contribution is 0.209. The zero-order valence-electron chi connectivity index (χ0n) is 10.7. The van der Waals surface area contributed by atoms with E-state index in [2.05, 4.69) is 10.3 Å². The fourth-order valence-electron chi connectivity index (χ4n) is 1.23. The number of thioether (sulfide) groups is 1. The summed E-state index contributed by atoms with van der Waals surface area (Å²) in [5, 5.41) is 2.77. The quantitative estimate of drug-likeness (QED) is 0.873. The summed E-state index contributed by atoms with van der Waals surface area (Å²) in [7, 11) is 1.78. The minimum Gasteiger partial charge on any atom is -0.444 e. The van der Waals surface area contributed by atoms with Crippen LogP contribution < -0.4 is 5.32 Å². The monoisotopic (exact) mass is 257 g/mol. The van der Waals surface area contributed by atoms with Crippen molar-refractivity contribution in [3.8, 4) is 0 Å². The van der Waals surface area contributed by atoms with Crippen LogP contribution in [0, 0.1) is 13.8 Å². The summed E-state index contributed by atoms with van der Waals surface area (Å²) in [6, 6.07) is -0.104. The van der Waals surface area contributed by atoms with Gasteiger partial charge >= 0.3 is 6.03 Å². The van der Waals surface area contributed by atoms with Crippen LogP contribution >= 0.6 is 11.8 Å². The third-order valence-corrected chi connectivity index (χ3v) is 3.03. The van der Waals surface area contributed by atoms with E-state index in [1.165, 1.54) is 0 Å². The summed E-state index contributed by atoms with van der Waals surface area (Å²) >= 11 is 1.71. The van der Waals surface area contributed by atoms with Gasteiger partial charge in [-0.05, 0) is 20.1 Å². The molecule has 1 N–H and O–H groups in total. The Bertz CT molecular complexity index is 359. The maximum Gasteiger partial charge on any atom is 0.317 e. The van der Waals surface area contributed by atoms with Gasteiger partial charge in [0.1, 0.15) is 5.76 Å². The van der Waals surface area contributed by atoms with Crippen LogP contribution in [0.1, 0.15) is 17.3 Å². The Labute approximate surface area is 106 Å². The summed E-state index contributed by atoms with van der Waals surface area (Å²) in [5.74, 6) is 2.28. The van der Waals surface area contributed by atoms with E-state index in [0.29, 0.717) is 12.4 Å². The molecule has 2 amide bonds. The molecule has 0 saturated carbocycles. The second-order valence-electron chi connectivity index (χ2n) is 3.82. The van der Waals surface area contributed by atoms with Crippen molar-refractivity contribution in [1.82, 2.24) is 15.2 Å². The van der Waals surface area contributed by atoms with E-state index in [9.17, 15) is 4.79 Å². The predicted molar refractivity (Wildman–Crippen MR) is 69.2 cm³/mol. The molecule has 0 aliphatic heterocycles. The number of oxazole rings is 1. The smallest absolute Gasteiger partial charge is 0.317 e. The maximum atomic E-state index is 11.7. The van der Waals surface area contributed by atoms with Gasteiger partial charge in [-0.3, -0.25) is 0 Å². The lowest BCUT2D eigenvalue weighted by Gasteiger charge is -2.16. The SMILES string of the molecule is CSCCN(C)C(=O)NCc1nc(C)c(C)o1. The van der Waals surface area contributed by atoms with Gasteiger partial charge in [0.15, 0.2) is 0 Å². The van der Waals surface area contributed by atoms with E-state index in [1.807, 2.05) is 20.1 Å². The zero-order chi connectivity index (χ0) is 12.8. The van der Waals surface area contributed by atoms with Gasteiger partial charge in [-0.1, -0.05) is 0 Å². The minimum atomic E-state index is -0.104. The van der Waals surface area contributed by atoms with E-state index >= 15 is 0 Å². The second-order valence-corrected chi connectivity index (χ2v) is 4.81. The van der Waals surface area contributed by atoms with Gasteiger partial charge < -0.3 is 14.6 Å². The molecule has 0 aliphatic carbocycles. The van der Waals surface area contributed by atoms with E-state index in [4.69, 9.17) is 4.42 Å². The van der Waals surface area contributed by atoms with Crippen LogP contribution in [0.4, 0.5) is 4.79 Å². The highest BCUT2D eigenvalue weighted by Crippen LogP contribution is 2.07. The van der Waals surface area contributed by atoms with Crippen molar-refractivity contribution in [2.45, 2.75) is 20.4 Å². The molecular weight excluding hydrogens is 238 g/mol. The van der Waals surface area contributed by atoms with Crippen molar-refractivity contribution in [1.29, 1.82) is 0 Å². The summed E-state index contributed by atoms with van der Waals surface area (Å²) in [6.07, 6.45) is 2.02. The topological polar surface area (TPSA) is 58.4 Å². The molecule has 96 valence electrons. The van der Waals surface area contributed by atoms with Gasteiger partial charge in [0.05, 0.1) is 12.2 Å². The first-order chi connectivity index (χ1) is 8.04. The molecule has 1 aromatic heterocycles. The third kappa shape index (κ3) is 4.30. The van der Waals surface area contributed by atoms with Crippen LogP contribution in [0.25, 0.3) is 0 Å². The highest BCUT2D eigenvalue weighted by molar-refractivity contribution is 7.98. The first kappa shape index (κ1) is 13.9. The fourth-order valence-corrected chi connectivity index (χ4v) is 1.69. The third-order valence-electron chi connectivity index (χ3n) is 2.44. The Morgan fingerprint density at radius 3 is 2.76 bits per heavy atom. The van der Waals surface area contributed by atoms with Crippen molar-refractivity contribution in [2.75, 3.05) is 25.6 Å². The van der Waals surface area contributed by atoms with Gasteiger partial charge in [0.2, 0.25) is 5.89 Å². The molecular formula is C11H19N3O2S. The van der Waals surface area contributed by atoms with Crippen LogP contribution in [0.3, 0.4) is 0 Å². The number of aryl methyl sites for hydroxylation is 2. The van der Waals surface area contributed by atoms with Crippen LogP contribution in [0.5, 0.6) is 0 Å². The Kier molecular flexibility index (Phi) is 5.34. The molecule has 0 radical (unpaired) electrons. The number of rotatable bonds is 5. The molecule has 1 heterocycles.